The number of carbonyl (C=O) groups excluding carboxylic acids is 1. The lowest BCUT2D eigenvalue weighted by molar-refractivity contribution is -0.124. The first-order valence-electron chi connectivity index (χ1n) is 7.95. The molecule has 0 saturated carbocycles. The first-order chi connectivity index (χ1) is 11.2. The van der Waals surface area contributed by atoms with E-state index >= 15 is 0 Å². The van der Waals surface area contributed by atoms with E-state index in [1.54, 1.807) is 0 Å². The maximum atomic E-state index is 12.1. The molecule has 1 aromatic carbocycles. The molecular formula is C18H18ClN3O. The average molecular weight is 328 g/mol. The van der Waals surface area contributed by atoms with Gasteiger partial charge in [-0.05, 0) is 43.5 Å². The quantitative estimate of drug-likeness (QED) is 0.891. The smallest absolute Gasteiger partial charge is 0.240 e. The van der Waals surface area contributed by atoms with Gasteiger partial charge in [-0.2, -0.15) is 0 Å². The molecule has 1 aromatic heterocycles. The second kappa shape index (κ2) is 5.62. The number of nitrogens with one attached hydrogen (secondary N) is 2. The van der Waals surface area contributed by atoms with Gasteiger partial charge in [-0.3, -0.25) is 15.1 Å². The van der Waals surface area contributed by atoms with Crippen LogP contribution < -0.4 is 10.6 Å². The largest absolute Gasteiger partial charge is 0.354 e. The van der Waals surface area contributed by atoms with E-state index in [9.17, 15) is 4.79 Å². The molecule has 2 fully saturated rings. The molecule has 0 bridgehead atoms. The SMILES string of the molecule is O=C1NCCC12CCC(c1cccc(-c3ccc(Cl)cc3)n1)N2. The number of rotatable bonds is 2. The van der Waals surface area contributed by atoms with Gasteiger partial charge in [0.15, 0.2) is 0 Å². The van der Waals surface area contributed by atoms with Crippen molar-refractivity contribution < 1.29 is 4.79 Å². The third-order valence-electron chi connectivity index (χ3n) is 4.85. The number of hydrogen-bond donors (Lipinski definition) is 2. The van der Waals surface area contributed by atoms with E-state index in [1.165, 1.54) is 0 Å². The predicted molar refractivity (Wildman–Crippen MR) is 90.2 cm³/mol. The molecule has 4 nitrogen and oxygen atoms in total. The molecule has 0 aliphatic carbocycles. The van der Waals surface area contributed by atoms with Crippen LogP contribution in [0.25, 0.3) is 11.3 Å². The molecule has 5 heteroatoms. The number of aromatic nitrogens is 1. The molecule has 3 heterocycles. The fourth-order valence-corrected chi connectivity index (χ4v) is 3.69. The van der Waals surface area contributed by atoms with Gasteiger partial charge in [0.1, 0.15) is 5.54 Å². The lowest BCUT2D eigenvalue weighted by atomic mass is 9.96. The summed E-state index contributed by atoms with van der Waals surface area (Å²) in [4.78, 5) is 16.9. The highest BCUT2D eigenvalue weighted by molar-refractivity contribution is 6.30. The van der Waals surface area contributed by atoms with Gasteiger partial charge in [0.2, 0.25) is 5.91 Å². The van der Waals surface area contributed by atoms with Crippen molar-refractivity contribution in [1.82, 2.24) is 15.6 Å². The number of hydrogen-bond acceptors (Lipinski definition) is 3. The molecule has 2 atom stereocenters. The molecule has 2 N–H and O–H groups in total. The van der Waals surface area contributed by atoms with E-state index in [4.69, 9.17) is 16.6 Å². The minimum atomic E-state index is -0.386. The number of benzene rings is 1. The second-order valence-corrected chi connectivity index (χ2v) is 6.71. The lowest BCUT2D eigenvalue weighted by Gasteiger charge is -2.21. The number of halogens is 1. The number of pyridine rings is 1. The Labute approximate surface area is 140 Å². The van der Waals surface area contributed by atoms with Gasteiger partial charge in [-0.1, -0.05) is 29.8 Å². The van der Waals surface area contributed by atoms with E-state index in [-0.39, 0.29) is 17.5 Å². The molecule has 2 aliphatic heterocycles. The predicted octanol–water partition coefficient (Wildman–Crippen LogP) is 3.09. The molecule has 0 radical (unpaired) electrons. The molecule has 23 heavy (non-hydrogen) atoms. The Bertz CT molecular complexity index is 746. The molecule has 2 aliphatic rings. The van der Waals surface area contributed by atoms with Gasteiger partial charge in [0, 0.05) is 17.1 Å². The summed E-state index contributed by atoms with van der Waals surface area (Å²) in [5, 5.41) is 7.18. The Morgan fingerprint density at radius 3 is 2.70 bits per heavy atom. The van der Waals surface area contributed by atoms with Crippen molar-refractivity contribution >= 4 is 17.5 Å². The van der Waals surface area contributed by atoms with E-state index in [1.807, 2.05) is 42.5 Å². The summed E-state index contributed by atoms with van der Waals surface area (Å²) in [5.41, 5.74) is 2.58. The van der Waals surface area contributed by atoms with E-state index in [0.717, 1.165) is 47.8 Å². The summed E-state index contributed by atoms with van der Waals surface area (Å²) >= 11 is 5.95. The number of nitrogens with zero attached hydrogens (tertiary/aromatic N) is 1. The van der Waals surface area contributed by atoms with Crippen LogP contribution in [0.3, 0.4) is 0 Å². The van der Waals surface area contributed by atoms with Crippen LogP contribution in [0.2, 0.25) is 5.02 Å². The first kappa shape index (κ1) is 14.7. The van der Waals surface area contributed by atoms with E-state index < -0.39 is 0 Å². The Hall–Kier alpha value is -1.91. The maximum absolute atomic E-state index is 12.1. The molecule has 2 saturated heterocycles. The second-order valence-electron chi connectivity index (χ2n) is 6.28. The summed E-state index contributed by atoms with van der Waals surface area (Å²) in [6.45, 7) is 0.761. The Morgan fingerprint density at radius 2 is 1.96 bits per heavy atom. The van der Waals surface area contributed by atoms with Crippen LogP contribution in [0, 0.1) is 0 Å². The van der Waals surface area contributed by atoms with Gasteiger partial charge < -0.3 is 5.32 Å². The van der Waals surface area contributed by atoms with E-state index in [2.05, 4.69) is 10.6 Å². The molecule has 1 spiro atoms. The maximum Gasteiger partial charge on any atom is 0.240 e. The molecule has 2 aromatic rings. The summed E-state index contributed by atoms with van der Waals surface area (Å²) in [7, 11) is 0. The van der Waals surface area contributed by atoms with Crippen molar-refractivity contribution in [2.45, 2.75) is 30.8 Å². The Kier molecular flexibility index (Phi) is 3.58. The highest BCUT2D eigenvalue weighted by atomic mass is 35.5. The summed E-state index contributed by atoms with van der Waals surface area (Å²) in [6.07, 6.45) is 2.67. The Balaban J connectivity index is 1.60. The van der Waals surface area contributed by atoms with Crippen LogP contribution in [-0.2, 0) is 4.79 Å². The zero-order valence-electron chi connectivity index (χ0n) is 12.7. The van der Waals surface area contributed by atoms with Crippen LogP contribution in [0.15, 0.2) is 42.5 Å². The average Bonchev–Trinajstić information content (AvgIpc) is 3.16. The fraction of sp³-hybridized carbons (Fsp3) is 0.333. The van der Waals surface area contributed by atoms with Crippen molar-refractivity contribution in [2.75, 3.05) is 6.54 Å². The molecular weight excluding hydrogens is 310 g/mol. The normalized spacial score (nSPS) is 26.7. The van der Waals surface area contributed by atoms with Crippen molar-refractivity contribution in [3.8, 4) is 11.3 Å². The third-order valence-corrected chi connectivity index (χ3v) is 5.10. The summed E-state index contributed by atoms with van der Waals surface area (Å²) in [6, 6.07) is 13.9. The van der Waals surface area contributed by atoms with Gasteiger partial charge in [-0.15, -0.1) is 0 Å². The van der Waals surface area contributed by atoms with Crippen molar-refractivity contribution in [1.29, 1.82) is 0 Å². The van der Waals surface area contributed by atoms with Crippen LogP contribution >= 0.6 is 11.6 Å². The molecule has 1 amide bonds. The number of carbonyl (C=O) groups is 1. The topological polar surface area (TPSA) is 54.0 Å². The minimum Gasteiger partial charge on any atom is -0.354 e. The fourth-order valence-electron chi connectivity index (χ4n) is 3.57. The van der Waals surface area contributed by atoms with Crippen LogP contribution in [0.5, 0.6) is 0 Å². The highest BCUT2D eigenvalue weighted by Gasteiger charge is 2.48. The van der Waals surface area contributed by atoms with Crippen LogP contribution in [0.1, 0.15) is 31.0 Å². The summed E-state index contributed by atoms with van der Waals surface area (Å²) < 4.78 is 0. The molecule has 118 valence electrons. The van der Waals surface area contributed by atoms with Crippen LogP contribution in [0.4, 0.5) is 0 Å². The first-order valence-corrected chi connectivity index (χ1v) is 8.33. The third kappa shape index (κ3) is 2.62. The molecule has 4 rings (SSSR count). The molecule has 2 unspecified atom stereocenters. The van der Waals surface area contributed by atoms with Crippen molar-refractivity contribution in [2.24, 2.45) is 0 Å². The zero-order chi connectivity index (χ0) is 15.9. The van der Waals surface area contributed by atoms with Gasteiger partial charge in [0.25, 0.3) is 0 Å². The summed E-state index contributed by atoms with van der Waals surface area (Å²) in [5.74, 6) is 0.133. The highest BCUT2D eigenvalue weighted by Crippen LogP contribution is 2.36. The van der Waals surface area contributed by atoms with Crippen LogP contribution in [-0.4, -0.2) is 23.0 Å². The minimum absolute atomic E-state index is 0.131. The van der Waals surface area contributed by atoms with Crippen molar-refractivity contribution in [3.63, 3.8) is 0 Å². The van der Waals surface area contributed by atoms with Gasteiger partial charge in [0.05, 0.1) is 17.4 Å². The van der Waals surface area contributed by atoms with Gasteiger partial charge >= 0.3 is 0 Å². The van der Waals surface area contributed by atoms with Gasteiger partial charge in [-0.25, -0.2) is 0 Å². The monoisotopic (exact) mass is 327 g/mol. The standard InChI is InChI=1S/C18H18ClN3O/c19-13-6-4-12(5-7-13)14-2-1-3-15(21-14)16-8-9-18(22-16)10-11-20-17(18)23/h1-7,16,22H,8-11H2,(H,20,23). The van der Waals surface area contributed by atoms with E-state index in [0.29, 0.717) is 0 Å². The Morgan fingerprint density at radius 1 is 1.13 bits per heavy atom. The lowest BCUT2D eigenvalue weighted by Crippen LogP contribution is -2.47. The number of amides is 1. The zero-order valence-corrected chi connectivity index (χ0v) is 13.4. The van der Waals surface area contributed by atoms with Crippen molar-refractivity contribution in [3.05, 3.63) is 53.2 Å².